The molecule has 2 N–H and O–H groups in total. The summed E-state index contributed by atoms with van der Waals surface area (Å²) in [6.07, 6.45) is 6.30. The highest BCUT2D eigenvalue weighted by molar-refractivity contribution is 7.09. The van der Waals surface area contributed by atoms with Crippen molar-refractivity contribution in [3.63, 3.8) is 0 Å². The van der Waals surface area contributed by atoms with E-state index in [1.807, 2.05) is 32.3 Å². The topological polar surface area (TPSA) is 63.2 Å². The lowest BCUT2D eigenvalue weighted by Gasteiger charge is -2.32. The van der Waals surface area contributed by atoms with Crippen molar-refractivity contribution in [1.29, 1.82) is 0 Å². The summed E-state index contributed by atoms with van der Waals surface area (Å²) in [5.74, 6) is 0.459. The molecule has 1 amide bonds. The van der Waals surface area contributed by atoms with E-state index < -0.39 is 5.60 Å². The van der Waals surface area contributed by atoms with Crippen LogP contribution in [0.5, 0.6) is 0 Å². The molecule has 2 atom stereocenters. The van der Waals surface area contributed by atoms with Crippen molar-refractivity contribution in [1.82, 2.24) is 15.6 Å². The van der Waals surface area contributed by atoms with Gasteiger partial charge in [-0.05, 0) is 39.5 Å². The monoisotopic (exact) mass is 325 g/mol. The summed E-state index contributed by atoms with van der Waals surface area (Å²) in [6.45, 7) is 7.12. The summed E-state index contributed by atoms with van der Waals surface area (Å²) < 4.78 is 5.30. The number of hydrogen-bond acceptors (Lipinski definition) is 5. The van der Waals surface area contributed by atoms with Gasteiger partial charge in [-0.3, -0.25) is 0 Å². The maximum atomic E-state index is 11.8. The summed E-state index contributed by atoms with van der Waals surface area (Å²) in [4.78, 5) is 16.1. The van der Waals surface area contributed by atoms with Crippen LogP contribution in [0, 0.1) is 5.92 Å². The van der Waals surface area contributed by atoms with Crippen LogP contribution in [0.3, 0.4) is 0 Å². The number of nitrogens with zero attached hydrogens (tertiary/aromatic N) is 1. The molecule has 2 unspecified atom stereocenters. The molecule has 22 heavy (non-hydrogen) atoms. The molecule has 5 nitrogen and oxygen atoms in total. The molecule has 1 heterocycles. The van der Waals surface area contributed by atoms with E-state index in [9.17, 15) is 4.79 Å². The average molecular weight is 325 g/mol. The van der Waals surface area contributed by atoms with E-state index in [2.05, 4.69) is 15.6 Å². The predicted octanol–water partition coefficient (Wildman–Crippen LogP) is 3.32. The van der Waals surface area contributed by atoms with Crippen LogP contribution in [0.25, 0.3) is 0 Å². The highest BCUT2D eigenvalue weighted by Crippen LogP contribution is 2.24. The summed E-state index contributed by atoms with van der Waals surface area (Å²) in [7, 11) is 0. The smallest absolute Gasteiger partial charge is 0.407 e. The molecule has 124 valence electrons. The molecule has 1 aromatic rings. The van der Waals surface area contributed by atoms with Crippen LogP contribution < -0.4 is 10.6 Å². The SMILES string of the molecule is CC(C)(C)OC(=O)NCC1CCCCC1NCc1nccs1. The lowest BCUT2D eigenvalue weighted by atomic mass is 9.84. The molecule has 1 fully saturated rings. The minimum atomic E-state index is -0.445. The quantitative estimate of drug-likeness (QED) is 0.872. The molecule has 0 aliphatic heterocycles. The molecule has 2 rings (SSSR count). The minimum Gasteiger partial charge on any atom is -0.444 e. The number of amides is 1. The van der Waals surface area contributed by atoms with Crippen molar-refractivity contribution in [3.8, 4) is 0 Å². The molecule has 1 aliphatic rings. The van der Waals surface area contributed by atoms with Gasteiger partial charge in [-0.25, -0.2) is 9.78 Å². The molecule has 0 radical (unpaired) electrons. The van der Waals surface area contributed by atoms with Gasteiger partial charge in [-0.1, -0.05) is 12.8 Å². The Morgan fingerprint density at radius 3 is 2.86 bits per heavy atom. The largest absolute Gasteiger partial charge is 0.444 e. The second-order valence-corrected chi connectivity index (χ2v) is 7.82. The van der Waals surface area contributed by atoms with Crippen molar-refractivity contribution in [2.75, 3.05) is 6.54 Å². The number of ether oxygens (including phenoxy) is 1. The maximum Gasteiger partial charge on any atom is 0.407 e. The van der Waals surface area contributed by atoms with E-state index in [0.29, 0.717) is 18.5 Å². The first-order valence-electron chi connectivity index (χ1n) is 8.02. The van der Waals surface area contributed by atoms with Gasteiger partial charge in [0, 0.05) is 30.7 Å². The van der Waals surface area contributed by atoms with Gasteiger partial charge >= 0.3 is 6.09 Å². The van der Waals surface area contributed by atoms with Gasteiger partial charge in [-0.2, -0.15) is 0 Å². The Hall–Kier alpha value is -1.14. The van der Waals surface area contributed by atoms with E-state index in [0.717, 1.165) is 24.4 Å². The third-order valence-electron chi connectivity index (χ3n) is 3.82. The molecule has 6 heteroatoms. The van der Waals surface area contributed by atoms with Crippen LogP contribution in [0.15, 0.2) is 11.6 Å². The van der Waals surface area contributed by atoms with E-state index >= 15 is 0 Å². The van der Waals surface area contributed by atoms with Gasteiger partial charge in [0.2, 0.25) is 0 Å². The fraction of sp³-hybridized carbons (Fsp3) is 0.750. The number of thiazole rings is 1. The van der Waals surface area contributed by atoms with Gasteiger partial charge in [-0.15, -0.1) is 11.3 Å². The summed E-state index contributed by atoms with van der Waals surface area (Å²) in [6, 6.07) is 0.438. The van der Waals surface area contributed by atoms with Crippen molar-refractivity contribution < 1.29 is 9.53 Å². The lowest BCUT2D eigenvalue weighted by molar-refractivity contribution is 0.0510. The molecule has 1 saturated carbocycles. The summed E-state index contributed by atoms with van der Waals surface area (Å²) >= 11 is 1.67. The van der Waals surface area contributed by atoms with Gasteiger partial charge in [0.15, 0.2) is 0 Å². The van der Waals surface area contributed by atoms with Gasteiger partial charge in [0.1, 0.15) is 10.6 Å². The molecule has 1 aliphatic carbocycles. The van der Waals surface area contributed by atoms with Crippen LogP contribution in [0.2, 0.25) is 0 Å². The highest BCUT2D eigenvalue weighted by atomic mass is 32.1. The zero-order valence-electron chi connectivity index (χ0n) is 13.7. The maximum absolute atomic E-state index is 11.8. The second-order valence-electron chi connectivity index (χ2n) is 6.84. The fourth-order valence-electron chi connectivity index (χ4n) is 2.81. The van der Waals surface area contributed by atoms with Crippen LogP contribution in [0.4, 0.5) is 4.79 Å². The number of carbonyl (C=O) groups is 1. The highest BCUT2D eigenvalue weighted by Gasteiger charge is 2.26. The van der Waals surface area contributed by atoms with Gasteiger partial charge in [0.05, 0.1) is 0 Å². The second kappa shape index (κ2) is 7.92. The van der Waals surface area contributed by atoms with Crippen molar-refractivity contribution in [3.05, 3.63) is 16.6 Å². The summed E-state index contributed by atoms with van der Waals surface area (Å²) in [5, 5.41) is 9.63. The molecule has 0 bridgehead atoms. The van der Waals surface area contributed by atoms with Gasteiger partial charge < -0.3 is 15.4 Å². The zero-order valence-corrected chi connectivity index (χ0v) is 14.5. The van der Waals surface area contributed by atoms with Crippen molar-refractivity contribution in [2.24, 2.45) is 5.92 Å². The number of carbonyl (C=O) groups excluding carboxylic acids is 1. The zero-order chi connectivity index (χ0) is 16.0. The Kier molecular flexibility index (Phi) is 6.20. The molecule has 0 spiro atoms. The van der Waals surface area contributed by atoms with E-state index in [1.54, 1.807) is 11.3 Å². The normalized spacial score (nSPS) is 22.3. The molecule has 1 aromatic heterocycles. The van der Waals surface area contributed by atoms with Crippen LogP contribution >= 0.6 is 11.3 Å². The number of rotatable bonds is 5. The summed E-state index contributed by atoms with van der Waals surface area (Å²) in [5.41, 5.74) is -0.445. The Morgan fingerprint density at radius 1 is 1.41 bits per heavy atom. The molecule has 0 saturated heterocycles. The Labute approximate surface area is 136 Å². The van der Waals surface area contributed by atoms with Crippen molar-refractivity contribution >= 4 is 17.4 Å². The van der Waals surface area contributed by atoms with Crippen LogP contribution in [-0.4, -0.2) is 29.3 Å². The van der Waals surface area contributed by atoms with E-state index in [1.165, 1.54) is 12.8 Å². The van der Waals surface area contributed by atoms with E-state index in [-0.39, 0.29) is 6.09 Å². The number of alkyl carbamates (subject to hydrolysis) is 1. The third kappa shape index (κ3) is 5.93. The third-order valence-corrected chi connectivity index (χ3v) is 4.60. The number of hydrogen-bond donors (Lipinski definition) is 2. The van der Waals surface area contributed by atoms with Crippen molar-refractivity contribution in [2.45, 2.75) is 64.6 Å². The molecular formula is C16H27N3O2S. The Bertz CT molecular complexity index is 456. The average Bonchev–Trinajstić information content (AvgIpc) is 2.95. The number of aromatic nitrogens is 1. The number of nitrogens with one attached hydrogen (secondary N) is 2. The first-order valence-corrected chi connectivity index (χ1v) is 8.90. The predicted molar refractivity (Wildman–Crippen MR) is 88.9 cm³/mol. The Balaban J connectivity index is 1.78. The lowest BCUT2D eigenvalue weighted by Crippen LogP contribution is -2.44. The molecular weight excluding hydrogens is 298 g/mol. The van der Waals surface area contributed by atoms with E-state index in [4.69, 9.17) is 4.74 Å². The first kappa shape index (κ1) is 17.2. The standard InChI is InChI=1S/C16H27N3O2S/c1-16(2,3)21-15(20)19-10-12-6-4-5-7-13(12)18-11-14-17-8-9-22-14/h8-9,12-13,18H,4-7,10-11H2,1-3H3,(H,19,20). The molecule has 0 aromatic carbocycles. The van der Waals surface area contributed by atoms with Gasteiger partial charge in [0.25, 0.3) is 0 Å². The first-order chi connectivity index (χ1) is 10.4. The van der Waals surface area contributed by atoms with Crippen LogP contribution in [-0.2, 0) is 11.3 Å². The van der Waals surface area contributed by atoms with Crippen LogP contribution in [0.1, 0.15) is 51.5 Å². The fourth-order valence-corrected chi connectivity index (χ4v) is 3.38. The Morgan fingerprint density at radius 2 is 2.18 bits per heavy atom. The minimum absolute atomic E-state index is 0.322.